The largest absolute Gasteiger partial charge is 0.507 e. The number of aromatic hydroxyl groups is 1. The minimum atomic E-state index is 0.125. The van der Waals surface area contributed by atoms with Crippen molar-refractivity contribution in [1.82, 2.24) is 10.2 Å². The Morgan fingerprint density at radius 2 is 1.66 bits per heavy atom. The Bertz CT molecular complexity index is 1110. The van der Waals surface area contributed by atoms with Gasteiger partial charge in [-0.3, -0.25) is 5.10 Å². The third kappa shape index (κ3) is 4.27. The lowest BCUT2D eigenvalue weighted by Gasteiger charge is -2.10. The number of nitrogens with one attached hydrogen (secondary N) is 1. The van der Waals surface area contributed by atoms with Gasteiger partial charge in [0.15, 0.2) is 0 Å². The first kappa shape index (κ1) is 19.1. The van der Waals surface area contributed by atoms with Gasteiger partial charge in [-0.2, -0.15) is 5.10 Å². The van der Waals surface area contributed by atoms with Crippen molar-refractivity contribution in [3.05, 3.63) is 83.0 Å². The van der Waals surface area contributed by atoms with E-state index in [0.29, 0.717) is 17.9 Å². The number of ether oxygens (including phenoxy) is 2. The topological polar surface area (TPSA) is 67.4 Å². The van der Waals surface area contributed by atoms with Gasteiger partial charge in [0, 0.05) is 21.7 Å². The summed E-state index contributed by atoms with van der Waals surface area (Å²) in [5, 5.41) is 17.7. The molecule has 4 rings (SSSR count). The minimum absolute atomic E-state index is 0.125. The molecule has 3 aromatic carbocycles. The molecule has 0 aliphatic rings. The molecule has 1 heterocycles. The molecule has 6 heteroatoms. The summed E-state index contributed by atoms with van der Waals surface area (Å²) in [5.74, 6) is 1.52. The second kappa shape index (κ2) is 8.41. The van der Waals surface area contributed by atoms with Crippen LogP contribution < -0.4 is 9.47 Å². The fourth-order valence-corrected chi connectivity index (χ4v) is 3.31. The molecule has 0 aliphatic heterocycles. The van der Waals surface area contributed by atoms with Crippen LogP contribution in [0.25, 0.3) is 22.4 Å². The third-order valence-corrected chi connectivity index (χ3v) is 5.13. The Kier molecular flexibility index (Phi) is 5.53. The van der Waals surface area contributed by atoms with Crippen LogP contribution >= 0.6 is 15.9 Å². The molecule has 0 saturated heterocycles. The van der Waals surface area contributed by atoms with Crippen molar-refractivity contribution in [2.45, 2.75) is 6.61 Å². The molecule has 146 valence electrons. The molecule has 2 N–H and O–H groups in total. The number of halogens is 1. The van der Waals surface area contributed by atoms with E-state index in [9.17, 15) is 5.11 Å². The quantitative estimate of drug-likeness (QED) is 0.389. The van der Waals surface area contributed by atoms with Gasteiger partial charge in [-0.15, -0.1) is 0 Å². The lowest BCUT2D eigenvalue weighted by Crippen LogP contribution is -1.96. The van der Waals surface area contributed by atoms with Crippen molar-refractivity contribution in [2.75, 3.05) is 7.11 Å². The standard InChI is InChI=1S/C23H19BrN2O3/c1-28-18-8-2-15(3-9-18)14-29-19-10-11-20(22(27)12-19)23-21(13-25-26-23)16-4-6-17(24)7-5-16/h2-13,27H,14H2,1H3,(H,25,26). The van der Waals surface area contributed by atoms with Crippen LogP contribution in [0.3, 0.4) is 0 Å². The minimum Gasteiger partial charge on any atom is -0.507 e. The molecule has 0 spiro atoms. The van der Waals surface area contributed by atoms with Crippen LogP contribution in [0.1, 0.15) is 5.56 Å². The van der Waals surface area contributed by atoms with Crippen LogP contribution in [0, 0.1) is 0 Å². The fourth-order valence-electron chi connectivity index (χ4n) is 3.04. The van der Waals surface area contributed by atoms with E-state index >= 15 is 0 Å². The summed E-state index contributed by atoms with van der Waals surface area (Å²) in [6.07, 6.45) is 1.76. The normalized spacial score (nSPS) is 10.7. The monoisotopic (exact) mass is 450 g/mol. The van der Waals surface area contributed by atoms with E-state index in [2.05, 4.69) is 26.1 Å². The van der Waals surface area contributed by atoms with Crippen LogP contribution in [0.2, 0.25) is 0 Å². The molecule has 1 aromatic heterocycles. The van der Waals surface area contributed by atoms with Crippen LogP contribution in [0.5, 0.6) is 17.2 Å². The first-order chi connectivity index (χ1) is 14.1. The summed E-state index contributed by atoms with van der Waals surface area (Å²) in [6, 6.07) is 20.9. The molecule has 5 nitrogen and oxygen atoms in total. The van der Waals surface area contributed by atoms with E-state index in [-0.39, 0.29) is 5.75 Å². The number of benzene rings is 3. The zero-order chi connectivity index (χ0) is 20.2. The van der Waals surface area contributed by atoms with Crippen LogP contribution in [0.4, 0.5) is 0 Å². The molecule has 4 aromatic rings. The highest BCUT2D eigenvalue weighted by Crippen LogP contribution is 2.37. The van der Waals surface area contributed by atoms with Crippen LogP contribution in [-0.4, -0.2) is 22.4 Å². The molecular formula is C23H19BrN2O3. The summed E-state index contributed by atoms with van der Waals surface area (Å²) in [4.78, 5) is 0. The zero-order valence-electron chi connectivity index (χ0n) is 15.7. The predicted octanol–water partition coefficient (Wildman–Crippen LogP) is 5.80. The number of H-pyrrole nitrogens is 1. The molecule has 0 aliphatic carbocycles. The van der Waals surface area contributed by atoms with Crippen LogP contribution in [-0.2, 0) is 6.61 Å². The van der Waals surface area contributed by atoms with E-state index < -0.39 is 0 Å². The number of hydrogen-bond donors (Lipinski definition) is 2. The average molecular weight is 451 g/mol. The van der Waals surface area contributed by atoms with Crippen molar-refractivity contribution in [3.63, 3.8) is 0 Å². The Labute approximate surface area is 177 Å². The van der Waals surface area contributed by atoms with Gasteiger partial charge in [-0.1, -0.05) is 40.2 Å². The number of phenolic OH excluding ortho intramolecular Hbond substituents is 1. The summed E-state index contributed by atoms with van der Waals surface area (Å²) >= 11 is 3.45. The highest BCUT2D eigenvalue weighted by molar-refractivity contribution is 9.10. The number of hydrogen-bond acceptors (Lipinski definition) is 4. The number of nitrogens with zero attached hydrogens (tertiary/aromatic N) is 1. The number of methoxy groups -OCH3 is 1. The predicted molar refractivity (Wildman–Crippen MR) is 116 cm³/mol. The van der Waals surface area contributed by atoms with Crippen molar-refractivity contribution >= 4 is 15.9 Å². The average Bonchev–Trinajstić information content (AvgIpc) is 3.23. The smallest absolute Gasteiger partial charge is 0.128 e. The highest BCUT2D eigenvalue weighted by atomic mass is 79.9. The number of aromatic nitrogens is 2. The van der Waals surface area contributed by atoms with Gasteiger partial charge in [-0.25, -0.2) is 0 Å². The number of rotatable bonds is 6. The molecule has 0 atom stereocenters. The Hall–Kier alpha value is -3.25. The van der Waals surface area contributed by atoms with Gasteiger partial charge >= 0.3 is 0 Å². The maximum absolute atomic E-state index is 10.6. The van der Waals surface area contributed by atoms with E-state index in [0.717, 1.165) is 32.6 Å². The van der Waals surface area contributed by atoms with Gasteiger partial charge in [0.1, 0.15) is 23.9 Å². The highest BCUT2D eigenvalue weighted by Gasteiger charge is 2.14. The van der Waals surface area contributed by atoms with E-state index in [1.807, 2.05) is 60.7 Å². The van der Waals surface area contributed by atoms with Gasteiger partial charge in [-0.05, 0) is 47.5 Å². The summed E-state index contributed by atoms with van der Waals surface area (Å²) in [5.41, 5.74) is 4.36. The second-order valence-corrected chi connectivity index (χ2v) is 7.40. The molecule has 0 amide bonds. The van der Waals surface area contributed by atoms with E-state index in [4.69, 9.17) is 9.47 Å². The lowest BCUT2D eigenvalue weighted by atomic mass is 10.0. The van der Waals surface area contributed by atoms with Gasteiger partial charge in [0.25, 0.3) is 0 Å². The van der Waals surface area contributed by atoms with Crippen molar-refractivity contribution in [3.8, 4) is 39.6 Å². The zero-order valence-corrected chi connectivity index (χ0v) is 17.3. The molecule has 0 radical (unpaired) electrons. The third-order valence-electron chi connectivity index (χ3n) is 4.60. The van der Waals surface area contributed by atoms with Crippen LogP contribution in [0.15, 0.2) is 77.4 Å². The molecule has 0 unspecified atom stereocenters. The first-order valence-electron chi connectivity index (χ1n) is 9.02. The molecule has 29 heavy (non-hydrogen) atoms. The van der Waals surface area contributed by atoms with Crippen molar-refractivity contribution in [1.29, 1.82) is 0 Å². The molecule has 0 fully saturated rings. The second-order valence-electron chi connectivity index (χ2n) is 6.48. The van der Waals surface area contributed by atoms with Gasteiger partial charge < -0.3 is 14.6 Å². The fraction of sp³-hybridized carbons (Fsp3) is 0.0870. The van der Waals surface area contributed by atoms with E-state index in [1.54, 1.807) is 19.4 Å². The summed E-state index contributed by atoms with van der Waals surface area (Å²) < 4.78 is 12.0. The molecule has 0 saturated carbocycles. The maximum Gasteiger partial charge on any atom is 0.128 e. The molecule has 0 bridgehead atoms. The Balaban J connectivity index is 1.53. The van der Waals surface area contributed by atoms with Gasteiger partial charge in [0.2, 0.25) is 0 Å². The summed E-state index contributed by atoms with van der Waals surface area (Å²) in [6.45, 7) is 0.400. The lowest BCUT2D eigenvalue weighted by molar-refractivity contribution is 0.304. The summed E-state index contributed by atoms with van der Waals surface area (Å²) in [7, 11) is 1.64. The SMILES string of the molecule is COc1ccc(COc2ccc(-c3[nH]ncc3-c3ccc(Br)cc3)c(O)c2)cc1. The molecular weight excluding hydrogens is 432 g/mol. The van der Waals surface area contributed by atoms with Crippen molar-refractivity contribution in [2.24, 2.45) is 0 Å². The number of aromatic amines is 1. The maximum atomic E-state index is 10.6. The first-order valence-corrected chi connectivity index (χ1v) is 9.82. The van der Waals surface area contributed by atoms with E-state index in [1.165, 1.54) is 0 Å². The van der Waals surface area contributed by atoms with Gasteiger partial charge in [0.05, 0.1) is 19.0 Å². The Morgan fingerprint density at radius 1 is 0.931 bits per heavy atom. The van der Waals surface area contributed by atoms with Crippen molar-refractivity contribution < 1.29 is 14.6 Å². The number of phenols is 1. The Morgan fingerprint density at radius 3 is 2.34 bits per heavy atom.